The Labute approximate surface area is 75.6 Å². The lowest BCUT2D eigenvalue weighted by atomic mass is 10.2. The molecule has 1 heterocycles. The molecule has 0 spiro atoms. The van der Waals surface area contributed by atoms with Gasteiger partial charge in [0, 0.05) is 0 Å². The monoisotopic (exact) mass is 188 g/mol. The topological polar surface area (TPSA) is 72.8 Å². The van der Waals surface area contributed by atoms with Gasteiger partial charge in [-0.15, -0.1) is 0 Å². The molecule has 0 bridgehead atoms. The molecular weight excluding hydrogens is 176 g/mol. The van der Waals surface area contributed by atoms with Crippen LogP contribution in [0.5, 0.6) is 0 Å². The van der Waals surface area contributed by atoms with Crippen molar-refractivity contribution in [2.45, 2.75) is 32.0 Å². The number of hydrogen-bond donors (Lipinski definition) is 1. The third-order valence-electron chi connectivity index (χ3n) is 1.84. The molecule has 1 fully saturated rings. The maximum atomic E-state index is 11.1. The largest absolute Gasteiger partial charge is 0.479 e. The number of aliphatic carboxylic acids is 1. The van der Waals surface area contributed by atoms with Gasteiger partial charge in [-0.25, -0.2) is 9.59 Å². The first kappa shape index (κ1) is 9.98. The van der Waals surface area contributed by atoms with Crippen molar-refractivity contribution in [2.75, 3.05) is 6.61 Å². The van der Waals surface area contributed by atoms with Crippen LogP contribution in [-0.4, -0.2) is 35.9 Å². The summed E-state index contributed by atoms with van der Waals surface area (Å²) in [5.74, 6) is -1.49. The molecule has 0 aromatic heterocycles. The molecule has 0 radical (unpaired) electrons. The first-order valence-corrected chi connectivity index (χ1v) is 4.20. The summed E-state index contributed by atoms with van der Waals surface area (Å²) in [6.07, 6.45) is -0.746. The minimum Gasteiger partial charge on any atom is -0.479 e. The van der Waals surface area contributed by atoms with Crippen LogP contribution in [-0.2, 0) is 19.1 Å². The van der Waals surface area contributed by atoms with E-state index in [4.69, 9.17) is 14.6 Å². The summed E-state index contributed by atoms with van der Waals surface area (Å²) in [5, 5.41) is 8.57. The summed E-state index contributed by atoms with van der Waals surface area (Å²) in [5.41, 5.74) is 0. The van der Waals surface area contributed by atoms with E-state index in [0.717, 1.165) is 0 Å². The average Bonchev–Trinajstić information content (AvgIpc) is 2.52. The maximum Gasteiger partial charge on any atom is 0.335 e. The number of hydrogen-bond acceptors (Lipinski definition) is 4. The smallest absolute Gasteiger partial charge is 0.335 e. The lowest BCUT2D eigenvalue weighted by Gasteiger charge is -2.09. The number of carbonyl (C=O) groups excluding carboxylic acids is 1. The summed E-state index contributed by atoms with van der Waals surface area (Å²) >= 11 is 0. The molecule has 13 heavy (non-hydrogen) atoms. The molecule has 1 aliphatic rings. The minimum absolute atomic E-state index is 0.288. The van der Waals surface area contributed by atoms with Gasteiger partial charge < -0.3 is 14.6 Å². The van der Waals surface area contributed by atoms with Gasteiger partial charge in [0.25, 0.3) is 0 Å². The number of ether oxygens (including phenoxy) is 2. The highest BCUT2D eigenvalue weighted by Crippen LogP contribution is 2.20. The van der Waals surface area contributed by atoms with Crippen molar-refractivity contribution in [1.82, 2.24) is 0 Å². The van der Waals surface area contributed by atoms with Gasteiger partial charge in [-0.2, -0.15) is 0 Å². The summed E-state index contributed by atoms with van der Waals surface area (Å²) in [6.45, 7) is 1.98. The van der Waals surface area contributed by atoms with Crippen LogP contribution in [0.25, 0.3) is 0 Å². The van der Waals surface area contributed by atoms with Crippen molar-refractivity contribution >= 4 is 11.9 Å². The van der Waals surface area contributed by atoms with E-state index in [2.05, 4.69) is 0 Å². The van der Waals surface area contributed by atoms with Crippen molar-refractivity contribution in [3.63, 3.8) is 0 Å². The van der Waals surface area contributed by atoms with E-state index in [1.54, 1.807) is 6.92 Å². The molecule has 2 atom stereocenters. The summed E-state index contributed by atoms with van der Waals surface area (Å²) in [7, 11) is 0. The van der Waals surface area contributed by atoms with Gasteiger partial charge in [0.05, 0.1) is 6.61 Å². The highest BCUT2D eigenvalue weighted by molar-refractivity contribution is 5.78. The number of esters is 1. The Hall–Kier alpha value is -1.10. The number of carboxylic acid groups (broad SMARTS) is 1. The Kier molecular flexibility index (Phi) is 3.25. The highest BCUT2D eigenvalue weighted by Gasteiger charge is 2.35. The highest BCUT2D eigenvalue weighted by atomic mass is 16.6. The third-order valence-corrected chi connectivity index (χ3v) is 1.84. The standard InChI is InChI=1S/C8H12O5/c1-2-12-8(11)6-4-3-5(13-6)7(9)10/h5-6H,2-4H2,1H3,(H,9,10)/t5-,6+/m1/s1. The Morgan fingerprint density at radius 2 is 2.08 bits per heavy atom. The van der Waals surface area contributed by atoms with E-state index in [1.165, 1.54) is 0 Å². The van der Waals surface area contributed by atoms with Crippen LogP contribution in [0.3, 0.4) is 0 Å². The van der Waals surface area contributed by atoms with Gasteiger partial charge in [-0.3, -0.25) is 0 Å². The predicted molar refractivity (Wildman–Crippen MR) is 42.2 cm³/mol. The van der Waals surface area contributed by atoms with E-state index in [1.807, 2.05) is 0 Å². The van der Waals surface area contributed by atoms with E-state index >= 15 is 0 Å². The summed E-state index contributed by atoms with van der Waals surface area (Å²) in [6, 6.07) is 0. The second kappa shape index (κ2) is 4.23. The molecule has 0 unspecified atom stereocenters. The summed E-state index contributed by atoms with van der Waals surface area (Å²) in [4.78, 5) is 21.5. The molecule has 0 aliphatic carbocycles. The van der Waals surface area contributed by atoms with Gasteiger partial charge in [-0.05, 0) is 19.8 Å². The molecule has 1 aliphatic heterocycles. The van der Waals surface area contributed by atoms with Crippen LogP contribution in [0, 0.1) is 0 Å². The van der Waals surface area contributed by atoms with E-state index in [9.17, 15) is 9.59 Å². The van der Waals surface area contributed by atoms with Gasteiger partial charge in [0.2, 0.25) is 0 Å². The van der Waals surface area contributed by atoms with Gasteiger partial charge in [0.15, 0.2) is 12.2 Å². The Balaban J connectivity index is 2.40. The van der Waals surface area contributed by atoms with Gasteiger partial charge in [-0.1, -0.05) is 0 Å². The Bertz CT molecular complexity index is 213. The molecule has 5 heteroatoms. The second-order valence-electron chi connectivity index (χ2n) is 2.78. The average molecular weight is 188 g/mol. The van der Waals surface area contributed by atoms with E-state index in [0.29, 0.717) is 12.8 Å². The van der Waals surface area contributed by atoms with Crippen LogP contribution in [0.1, 0.15) is 19.8 Å². The van der Waals surface area contributed by atoms with Crippen molar-refractivity contribution in [2.24, 2.45) is 0 Å². The van der Waals surface area contributed by atoms with Crippen LogP contribution in [0.2, 0.25) is 0 Å². The first-order valence-electron chi connectivity index (χ1n) is 4.20. The molecule has 5 nitrogen and oxygen atoms in total. The fourth-order valence-electron chi connectivity index (χ4n) is 1.23. The van der Waals surface area contributed by atoms with Crippen molar-refractivity contribution in [3.05, 3.63) is 0 Å². The molecule has 1 rings (SSSR count). The number of rotatable bonds is 3. The minimum atomic E-state index is -1.02. The molecule has 0 amide bonds. The zero-order valence-corrected chi connectivity index (χ0v) is 7.36. The predicted octanol–water partition coefficient (Wildman–Crippen LogP) is 0.182. The zero-order valence-electron chi connectivity index (χ0n) is 7.36. The molecular formula is C8H12O5. The molecule has 0 aromatic rings. The summed E-state index contributed by atoms with van der Waals surface area (Å²) < 4.78 is 9.66. The van der Waals surface area contributed by atoms with Crippen molar-refractivity contribution in [3.8, 4) is 0 Å². The normalized spacial score (nSPS) is 27.2. The Morgan fingerprint density at radius 1 is 1.46 bits per heavy atom. The fourth-order valence-corrected chi connectivity index (χ4v) is 1.23. The fraction of sp³-hybridized carbons (Fsp3) is 0.750. The molecule has 0 aromatic carbocycles. The van der Waals surface area contributed by atoms with Crippen LogP contribution in [0.4, 0.5) is 0 Å². The maximum absolute atomic E-state index is 11.1. The van der Waals surface area contributed by atoms with Crippen LogP contribution in [0.15, 0.2) is 0 Å². The van der Waals surface area contributed by atoms with Gasteiger partial charge >= 0.3 is 11.9 Å². The van der Waals surface area contributed by atoms with E-state index < -0.39 is 24.1 Å². The van der Waals surface area contributed by atoms with Crippen LogP contribution >= 0.6 is 0 Å². The first-order chi connectivity index (χ1) is 6.15. The molecule has 74 valence electrons. The quantitative estimate of drug-likeness (QED) is 0.639. The van der Waals surface area contributed by atoms with Gasteiger partial charge in [0.1, 0.15) is 0 Å². The lowest BCUT2D eigenvalue weighted by molar-refractivity contribution is -0.161. The lowest BCUT2D eigenvalue weighted by Crippen LogP contribution is -2.26. The zero-order chi connectivity index (χ0) is 9.84. The molecule has 1 N–H and O–H groups in total. The SMILES string of the molecule is CCOC(=O)[C@@H]1CC[C@H](C(=O)O)O1. The molecule has 1 saturated heterocycles. The number of carboxylic acids is 1. The second-order valence-corrected chi connectivity index (χ2v) is 2.78. The Morgan fingerprint density at radius 3 is 2.54 bits per heavy atom. The van der Waals surface area contributed by atoms with Crippen molar-refractivity contribution in [1.29, 1.82) is 0 Å². The van der Waals surface area contributed by atoms with Crippen molar-refractivity contribution < 1.29 is 24.2 Å². The van der Waals surface area contributed by atoms with Crippen LogP contribution < -0.4 is 0 Å². The number of carbonyl (C=O) groups is 2. The molecule has 0 saturated carbocycles. The third kappa shape index (κ3) is 2.42. The van der Waals surface area contributed by atoms with E-state index in [-0.39, 0.29) is 6.61 Å².